The van der Waals surface area contributed by atoms with Gasteiger partial charge < -0.3 is 14.6 Å². The van der Waals surface area contributed by atoms with Crippen molar-refractivity contribution in [2.24, 2.45) is 5.41 Å². The van der Waals surface area contributed by atoms with Crippen LogP contribution in [0.3, 0.4) is 0 Å². The lowest BCUT2D eigenvalue weighted by Crippen LogP contribution is -2.29. The highest BCUT2D eigenvalue weighted by atomic mass is 16.6. The van der Waals surface area contributed by atoms with E-state index in [4.69, 9.17) is 9.84 Å². The molecular formula is C7H12O4. The van der Waals surface area contributed by atoms with Gasteiger partial charge in [-0.05, 0) is 6.92 Å². The van der Waals surface area contributed by atoms with Gasteiger partial charge in [0.15, 0.2) is 6.29 Å². The Labute approximate surface area is 65.1 Å². The second-order valence-electron chi connectivity index (χ2n) is 3.02. The van der Waals surface area contributed by atoms with Crippen molar-refractivity contribution in [3.8, 4) is 0 Å². The minimum absolute atomic E-state index is 0.237. The van der Waals surface area contributed by atoms with Crippen molar-refractivity contribution in [2.45, 2.75) is 19.6 Å². The van der Waals surface area contributed by atoms with Crippen LogP contribution in [0.5, 0.6) is 0 Å². The highest BCUT2D eigenvalue weighted by Crippen LogP contribution is 2.32. The highest BCUT2D eigenvalue weighted by molar-refractivity contribution is 5.76. The van der Waals surface area contributed by atoms with E-state index in [1.54, 1.807) is 6.92 Å². The number of hydrogen-bond donors (Lipinski definition) is 1. The summed E-state index contributed by atoms with van der Waals surface area (Å²) in [5, 5.41) is 8.98. The van der Waals surface area contributed by atoms with Crippen LogP contribution in [-0.2, 0) is 14.3 Å². The number of hydrogen-bond acceptors (Lipinski definition) is 4. The lowest BCUT2D eigenvalue weighted by atomic mass is 9.90. The molecule has 1 aliphatic rings. The summed E-state index contributed by atoms with van der Waals surface area (Å²) >= 11 is 0. The molecule has 1 N–H and O–H groups in total. The van der Waals surface area contributed by atoms with Crippen LogP contribution in [-0.4, -0.2) is 31.1 Å². The fraction of sp³-hybridized carbons (Fsp3) is 0.857. The molecule has 64 valence electrons. The molecule has 2 atom stereocenters. The van der Waals surface area contributed by atoms with Crippen molar-refractivity contribution in [2.75, 3.05) is 13.7 Å². The standard InChI is InChI=1S/C7H12O4/c1-7(6(9)10-2)3-5(8)11-4-7/h5,8H,3-4H2,1-2H3/t5?,7-/m0/s1. The van der Waals surface area contributed by atoms with Gasteiger partial charge in [0.2, 0.25) is 0 Å². The first-order valence-electron chi connectivity index (χ1n) is 3.46. The van der Waals surface area contributed by atoms with E-state index in [9.17, 15) is 4.79 Å². The SMILES string of the molecule is COC(=O)[C@]1(C)COC(O)C1. The van der Waals surface area contributed by atoms with Crippen LogP contribution in [0.1, 0.15) is 13.3 Å². The van der Waals surface area contributed by atoms with Gasteiger partial charge in [0.25, 0.3) is 0 Å². The third kappa shape index (κ3) is 1.52. The Morgan fingerprint density at radius 2 is 2.45 bits per heavy atom. The molecule has 0 aromatic heterocycles. The lowest BCUT2D eigenvalue weighted by Gasteiger charge is -2.16. The maximum Gasteiger partial charge on any atom is 0.314 e. The second kappa shape index (κ2) is 2.79. The zero-order valence-corrected chi connectivity index (χ0v) is 6.66. The Morgan fingerprint density at radius 1 is 1.82 bits per heavy atom. The first-order chi connectivity index (χ1) is 5.08. The third-order valence-electron chi connectivity index (χ3n) is 1.90. The Balaban J connectivity index is 2.61. The second-order valence-corrected chi connectivity index (χ2v) is 3.02. The van der Waals surface area contributed by atoms with Gasteiger partial charge in [0.1, 0.15) is 0 Å². The minimum atomic E-state index is -0.820. The average molecular weight is 160 g/mol. The van der Waals surface area contributed by atoms with Gasteiger partial charge in [0.05, 0.1) is 19.1 Å². The quantitative estimate of drug-likeness (QED) is 0.544. The van der Waals surface area contributed by atoms with Crippen molar-refractivity contribution in [3.05, 3.63) is 0 Å². The summed E-state index contributed by atoms with van der Waals surface area (Å²) in [6.45, 7) is 1.95. The van der Waals surface area contributed by atoms with Crippen LogP contribution in [0.25, 0.3) is 0 Å². The number of carbonyl (C=O) groups excluding carboxylic acids is 1. The first kappa shape index (κ1) is 8.49. The van der Waals surface area contributed by atoms with Crippen LogP contribution in [0.2, 0.25) is 0 Å². The molecular weight excluding hydrogens is 148 g/mol. The maximum atomic E-state index is 11.1. The summed E-state index contributed by atoms with van der Waals surface area (Å²) in [7, 11) is 1.33. The van der Waals surface area contributed by atoms with Crippen LogP contribution in [0, 0.1) is 5.41 Å². The number of esters is 1. The highest BCUT2D eigenvalue weighted by Gasteiger charge is 2.42. The predicted octanol–water partition coefficient (Wildman–Crippen LogP) is -0.0956. The zero-order chi connectivity index (χ0) is 8.48. The van der Waals surface area contributed by atoms with Crippen molar-refractivity contribution in [3.63, 3.8) is 0 Å². The number of methoxy groups -OCH3 is 1. The molecule has 4 nitrogen and oxygen atoms in total. The summed E-state index contributed by atoms with van der Waals surface area (Å²) in [6.07, 6.45) is -0.501. The number of carbonyl (C=O) groups is 1. The van der Waals surface area contributed by atoms with E-state index < -0.39 is 11.7 Å². The molecule has 1 rings (SSSR count). The van der Waals surface area contributed by atoms with Crippen LogP contribution in [0.15, 0.2) is 0 Å². The first-order valence-corrected chi connectivity index (χ1v) is 3.46. The van der Waals surface area contributed by atoms with Gasteiger partial charge in [-0.1, -0.05) is 0 Å². The zero-order valence-electron chi connectivity index (χ0n) is 6.66. The smallest absolute Gasteiger partial charge is 0.314 e. The van der Waals surface area contributed by atoms with E-state index in [1.807, 2.05) is 0 Å². The largest absolute Gasteiger partial charge is 0.469 e. The molecule has 1 unspecified atom stereocenters. The van der Waals surface area contributed by atoms with E-state index in [1.165, 1.54) is 7.11 Å². The fourth-order valence-corrected chi connectivity index (χ4v) is 1.17. The van der Waals surface area contributed by atoms with Gasteiger partial charge in [-0.3, -0.25) is 4.79 Å². The number of rotatable bonds is 1. The Kier molecular flexibility index (Phi) is 2.15. The molecule has 4 heteroatoms. The Morgan fingerprint density at radius 3 is 2.82 bits per heavy atom. The molecule has 0 amide bonds. The van der Waals surface area contributed by atoms with Crippen LogP contribution < -0.4 is 0 Å². The summed E-state index contributed by atoms with van der Waals surface area (Å²) in [5.74, 6) is -0.325. The van der Waals surface area contributed by atoms with Gasteiger partial charge >= 0.3 is 5.97 Å². The van der Waals surface area contributed by atoms with E-state index in [2.05, 4.69) is 4.74 Å². The van der Waals surface area contributed by atoms with Crippen molar-refractivity contribution in [1.82, 2.24) is 0 Å². The molecule has 0 aliphatic carbocycles. The van der Waals surface area contributed by atoms with E-state index in [0.717, 1.165) is 0 Å². The number of aliphatic hydroxyl groups is 1. The van der Waals surface area contributed by atoms with Gasteiger partial charge in [-0.25, -0.2) is 0 Å². The lowest BCUT2D eigenvalue weighted by molar-refractivity contribution is -0.151. The summed E-state index contributed by atoms with van der Waals surface area (Å²) in [6, 6.07) is 0. The van der Waals surface area contributed by atoms with E-state index >= 15 is 0 Å². The maximum absolute atomic E-state index is 11.1. The molecule has 11 heavy (non-hydrogen) atoms. The van der Waals surface area contributed by atoms with Crippen molar-refractivity contribution < 1.29 is 19.4 Å². The molecule has 1 fully saturated rings. The average Bonchev–Trinajstić information content (AvgIpc) is 2.31. The van der Waals surface area contributed by atoms with Gasteiger partial charge in [-0.15, -0.1) is 0 Å². The number of ether oxygens (including phenoxy) is 2. The summed E-state index contributed by atoms with van der Waals surface area (Å²) in [4.78, 5) is 11.1. The molecule has 0 bridgehead atoms. The van der Waals surface area contributed by atoms with E-state index in [-0.39, 0.29) is 12.6 Å². The topological polar surface area (TPSA) is 55.8 Å². The predicted molar refractivity (Wildman–Crippen MR) is 36.7 cm³/mol. The Bertz CT molecular complexity index is 168. The Hall–Kier alpha value is -0.610. The monoisotopic (exact) mass is 160 g/mol. The van der Waals surface area contributed by atoms with E-state index in [0.29, 0.717) is 6.42 Å². The molecule has 0 aromatic carbocycles. The molecule has 1 saturated heterocycles. The van der Waals surface area contributed by atoms with Crippen molar-refractivity contribution >= 4 is 5.97 Å². The summed E-state index contributed by atoms with van der Waals surface area (Å²) in [5.41, 5.74) is -0.659. The van der Waals surface area contributed by atoms with Crippen LogP contribution in [0.4, 0.5) is 0 Å². The van der Waals surface area contributed by atoms with Gasteiger partial charge in [-0.2, -0.15) is 0 Å². The molecule has 1 aliphatic heterocycles. The normalized spacial score (nSPS) is 37.2. The van der Waals surface area contributed by atoms with Gasteiger partial charge in [0, 0.05) is 6.42 Å². The molecule has 0 saturated carbocycles. The molecule has 0 aromatic rings. The third-order valence-corrected chi connectivity index (χ3v) is 1.90. The molecule has 0 radical (unpaired) electrons. The molecule has 1 heterocycles. The minimum Gasteiger partial charge on any atom is -0.469 e. The van der Waals surface area contributed by atoms with Crippen LogP contribution >= 0.6 is 0 Å². The molecule has 0 spiro atoms. The number of aliphatic hydroxyl groups excluding tert-OH is 1. The van der Waals surface area contributed by atoms with Crippen molar-refractivity contribution in [1.29, 1.82) is 0 Å². The fourth-order valence-electron chi connectivity index (χ4n) is 1.17. The summed E-state index contributed by atoms with van der Waals surface area (Å²) < 4.78 is 9.40.